The Hall–Kier alpha value is -3.92. The van der Waals surface area contributed by atoms with Crippen LogP contribution in [0.2, 0.25) is 0 Å². The standard InChI is InChI=1S/C27H29N9O4S2/c28-16-3-1-2-4-17(16)32-27-33-19(22(25(29)38)26-30-13-31-36(26)27)10-14-9-18(34-40-14)15-12-41-24-20(37)11-21(42-23(15)24)35-5-7-39-8-6-35/h9,11-13,16-17H,1-8,10,28H2,(H2,29,38)(H,32,33)/t16-,17+/m1/s1. The molecule has 13 nitrogen and oxygen atoms in total. The lowest BCUT2D eigenvalue weighted by atomic mass is 9.91. The van der Waals surface area contributed by atoms with Crippen molar-refractivity contribution in [2.75, 3.05) is 36.5 Å². The molecule has 218 valence electrons. The SMILES string of the molecule is NC(=O)c1c(Cc2cc(-c3csc4c(=O)cc(N5CCOCC5)sc34)no2)nc(N[C@H]2CCCC[C@H]2N)n2ncnc12. The molecule has 2 aliphatic rings. The highest BCUT2D eigenvalue weighted by molar-refractivity contribution is 7.28. The number of nitrogens with zero attached hydrogens (tertiary/aromatic N) is 6. The van der Waals surface area contributed by atoms with Gasteiger partial charge in [-0.05, 0) is 12.8 Å². The quantitative estimate of drug-likeness (QED) is 0.247. The minimum absolute atomic E-state index is 0.0140. The normalized spacial score (nSPS) is 19.5. The van der Waals surface area contributed by atoms with Crippen LogP contribution < -0.4 is 27.1 Å². The van der Waals surface area contributed by atoms with E-state index in [0.717, 1.165) is 54.0 Å². The average Bonchev–Trinajstić information content (AvgIpc) is 3.75. The molecule has 0 unspecified atom stereocenters. The van der Waals surface area contributed by atoms with Crippen molar-refractivity contribution in [2.24, 2.45) is 11.5 Å². The number of hydrogen-bond donors (Lipinski definition) is 3. The van der Waals surface area contributed by atoms with Gasteiger partial charge in [-0.15, -0.1) is 22.7 Å². The second kappa shape index (κ2) is 11.1. The van der Waals surface area contributed by atoms with Gasteiger partial charge in [0.25, 0.3) is 5.91 Å². The minimum Gasteiger partial charge on any atom is -0.378 e. The summed E-state index contributed by atoms with van der Waals surface area (Å²) >= 11 is 2.96. The Morgan fingerprint density at radius 3 is 2.81 bits per heavy atom. The summed E-state index contributed by atoms with van der Waals surface area (Å²) in [6.07, 6.45) is 5.51. The largest absolute Gasteiger partial charge is 0.378 e. The lowest BCUT2D eigenvalue weighted by Crippen LogP contribution is -2.43. The van der Waals surface area contributed by atoms with Crippen LogP contribution in [0.4, 0.5) is 10.9 Å². The molecule has 1 saturated heterocycles. The number of nitrogens with one attached hydrogen (secondary N) is 1. The molecule has 0 bridgehead atoms. The molecule has 5 N–H and O–H groups in total. The summed E-state index contributed by atoms with van der Waals surface area (Å²) in [5, 5.41) is 14.9. The fourth-order valence-corrected chi connectivity index (χ4v) is 8.00. The summed E-state index contributed by atoms with van der Waals surface area (Å²) in [7, 11) is 0. The number of nitrogens with two attached hydrogens (primary N) is 2. The first-order chi connectivity index (χ1) is 20.5. The smallest absolute Gasteiger partial charge is 0.254 e. The van der Waals surface area contributed by atoms with Crippen LogP contribution in [-0.4, -0.2) is 69.0 Å². The van der Waals surface area contributed by atoms with E-state index in [1.165, 1.54) is 22.2 Å². The van der Waals surface area contributed by atoms with E-state index in [9.17, 15) is 9.59 Å². The Balaban J connectivity index is 1.23. The van der Waals surface area contributed by atoms with E-state index in [4.69, 9.17) is 25.7 Å². The Morgan fingerprint density at radius 1 is 1.17 bits per heavy atom. The van der Waals surface area contributed by atoms with Gasteiger partial charge in [-0.2, -0.15) is 9.61 Å². The van der Waals surface area contributed by atoms with Crippen LogP contribution in [0.5, 0.6) is 0 Å². The Kier molecular flexibility index (Phi) is 7.09. The molecule has 1 saturated carbocycles. The van der Waals surface area contributed by atoms with E-state index >= 15 is 0 Å². The molecule has 0 spiro atoms. The van der Waals surface area contributed by atoms with Crippen LogP contribution in [-0.2, 0) is 11.2 Å². The number of thiophene rings is 1. The number of anilines is 2. The van der Waals surface area contributed by atoms with Crippen molar-refractivity contribution >= 4 is 54.6 Å². The van der Waals surface area contributed by atoms with E-state index < -0.39 is 5.91 Å². The maximum atomic E-state index is 13.0. The molecule has 1 aliphatic carbocycles. The first kappa shape index (κ1) is 26.9. The zero-order valence-corrected chi connectivity index (χ0v) is 24.2. The first-order valence-electron chi connectivity index (χ1n) is 13.8. The Bertz CT molecular complexity index is 1840. The van der Waals surface area contributed by atoms with Crippen LogP contribution in [0.25, 0.3) is 26.3 Å². The molecule has 42 heavy (non-hydrogen) atoms. The molecule has 5 aromatic heterocycles. The molecule has 5 aromatic rings. The monoisotopic (exact) mass is 607 g/mol. The van der Waals surface area contributed by atoms with Gasteiger partial charge in [-0.3, -0.25) is 9.59 Å². The Labute approximate surface area is 247 Å². The summed E-state index contributed by atoms with van der Waals surface area (Å²) in [5.74, 6) is 0.259. The maximum Gasteiger partial charge on any atom is 0.254 e. The molecule has 7 rings (SSSR count). The van der Waals surface area contributed by atoms with Gasteiger partial charge >= 0.3 is 0 Å². The molecule has 6 heterocycles. The molecular formula is C27H29N9O4S2. The second-order valence-corrected chi connectivity index (χ2v) is 12.4. The van der Waals surface area contributed by atoms with Crippen molar-refractivity contribution < 1.29 is 14.1 Å². The molecule has 0 radical (unpaired) electrons. The number of primary amides is 1. The van der Waals surface area contributed by atoms with Crippen LogP contribution >= 0.6 is 22.7 Å². The molecule has 15 heteroatoms. The number of ether oxygens (including phenoxy) is 1. The molecular weight excluding hydrogens is 578 g/mol. The maximum absolute atomic E-state index is 13.0. The van der Waals surface area contributed by atoms with E-state index in [0.29, 0.717) is 46.7 Å². The fourth-order valence-electron chi connectivity index (χ4n) is 5.64. The van der Waals surface area contributed by atoms with Crippen molar-refractivity contribution in [1.29, 1.82) is 0 Å². The second-order valence-electron chi connectivity index (χ2n) is 10.5. The van der Waals surface area contributed by atoms with Crippen molar-refractivity contribution in [3.8, 4) is 11.3 Å². The van der Waals surface area contributed by atoms with Gasteiger partial charge in [0.1, 0.15) is 23.3 Å². The van der Waals surface area contributed by atoms with Gasteiger partial charge in [-0.1, -0.05) is 18.0 Å². The summed E-state index contributed by atoms with van der Waals surface area (Å²) in [5.41, 5.74) is 14.5. The summed E-state index contributed by atoms with van der Waals surface area (Å²) < 4.78 is 14.2. The predicted octanol–water partition coefficient (Wildman–Crippen LogP) is 2.62. The van der Waals surface area contributed by atoms with Gasteiger partial charge in [0.2, 0.25) is 5.95 Å². The van der Waals surface area contributed by atoms with Crippen LogP contribution in [0.3, 0.4) is 0 Å². The number of hydrogen-bond acceptors (Lipinski definition) is 13. The number of fused-ring (bicyclic) bond motifs is 2. The summed E-state index contributed by atoms with van der Waals surface area (Å²) in [6.45, 7) is 2.75. The van der Waals surface area contributed by atoms with Crippen LogP contribution in [0, 0.1) is 0 Å². The summed E-state index contributed by atoms with van der Waals surface area (Å²) in [4.78, 5) is 36.8. The number of carbonyl (C=O) groups is 1. The lowest BCUT2D eigenvalue weighted by molar-refractivity contribution is 0.1000. The van der Waals surface area contributed by atoms with E-state index in [2.05, 4.69) is 25.5 Å². The third kappa shape index (κ3) is 4.91. The van der Waals surface area contributed by atoms with Gasteiger partial charge in [0, 0.05) is 48.2 Å². The number of carbonyl (C=O) groups excluding carboxylic acids is 1. The molecule has 0 aromatic carbocycles. The zero-order chi connectivity index (χ0) is 28.8. The number of morpholine rings is 1. The van der Waals surface area contributed by atoms with Gasteiger partial charge in [-0.25, -0.2) is 9.97 Å². The lowest BCUT2D eigenvalue weighted by Gasteiger charge is -2.29. The average molecular weight is 608 g/mol. The number of rotatable bonds is 7. The molecule has 1 aliphatic heterocycles. The highest BCUT2D eigenvalue weighted by atomic mass is 32.1. The summed E-state index contributed by atoms with van der Waals surface area (Å²) in [6, 6.07) is 3.51. The van der Waals surface area contributed by atoms with Gasteiger partial charge < -0.3 is 30.9 Å². The first-order valence-corrected chi connectivity index (χ1v) is 15.5. The van der Waals surface area contributed by atoms with Crippen LogP contribution in [0.15, 0.2) is 33.2 Å². The van der Waals surface area contributed by atoms with Crippen molar-refractivity contribution in [2.45, 2.75) is 44.2 Å². The molecule has 2 fully saturated rings. The van der Waals surface area contributed by atoms with E-state index in [1.54, 1.807) is 17.4 Å². The van der Waals surface area contributed by atoms with Crippen molar-refractivity contribution in [3.63, 3.8) is 0 Å². The van der Waals surface area contributed by atoms with E-state index in [-0.39, 0.29) is 29.5 Å². The minimum atomic E-state index is -0.666. The van der Waals surface area contributed by atoms with Crippen LogP contribution in [0.1, 0.15) is 47.5 Å². The predicted molar refractivity (Wildman–Crippen MR) is 160 cm³/mol. The topological polar surface area (TPSA) is 180 Å². The van der Waals surface area contributed by atoms with E-state index in [1.807, 2.05) is 11.4 Å². The highest BCUT2D eigenvalue weighted by Crippen LogP contribution is 2.38. The van der Waals surface area contributed by atoms with Crippen molar-refractivity contribution in [3.05, 3.63) is 51.1 Å². The molecule has 2 atom stereocenters. The molecule has 1 amide bonds. The van der Waals surface area contributed by atoms with Crippen molar-refractivity contribution in [1.82, 2.24) is 24.7 Å². The van der Waals surface area contributed by atoms with Gasteiger partial charge in [0.15, 0.2) is 11.1 Å². The number of amides is 1. The fraction of sp³-hybridized carbons (Fsp3) is 0.407. The van der Waals surface area contributed by atoms with Gasteiger partial charge in [0.05, 0.1) is 39.7 Å². The zero-order valence-electron chi connectivity index (χ0n) is 22.6. The third-order valence-electron chi connectivity index (χ3n) is 7.81. The third-order valence-corrected chi connectivity index (χ3v) is 10.1. The highest BCUT2D eigenvalue weighted by Gasteiger charge is 2.27. The Morgan fingerprint density at radius 2 is 2.00 bits per heavy atom. The number of aromatic nitrogens is 5.